The van der Waals surface area contributed by atoms with E-state index in [2.05, 4.69) is 5.09 Å². The van der Waals surface area contributed by atoms with Gasteiger partial charge in [-0.15, -0.1) is 11.3 Å². The Morgan fingerprint density at radius 3 is 2.42 bits per heavy atom. The molecule has 0 bridgehead atoms. The van der Waals surface area contributed by atoms with Crippen molar-refractivity contribution in [3.05, 3.63) is 53.4 Å². The van der Waals surface area contributed by atoms with E-state index in [1.54, 1.807) is 41.8 Å². The van der Waals surface area contributed by atoms with Crippen LogP contribution in [0.3, 0.4) is 0 Å². The van der Waals surface area contributed by atoms with Crippen molar-refractivity contribution >= 4 is 29.4 Å². The van der Waals surface area contributed by atoms with Crippen LogP contribution in [0.1, 0.15) is 11.6 Å². The Hall–Kier alpha value is -1.46. The molecule has 0 aliphatic heterocycles. The Morgan fingerprint density at radius 1 is 1.21 bits per heavy atom. The molecule has 0 amide bonds. The molecule has 0 saturated heterocycles. The fourth-order valence-electron chi connectivity index (χ4n) is 1.60. The number of carboxylic acid groups (broad SMARTS) is 1. The molecule has 3 N–H and O–H groups in total. The van der Waals surface area contributed by atoms with Gasteiger partial charge in [-0.2, -0.15) is 0 Å². The van der Waals surface area contributed by atoms with E-state index in [1.807, 2.05) is 0 Å². The van der Waals surface area contributed by atoms with Crippen molar-refractivity contribution in [2.75, 3.05) is 0 Å². The van der Waals surface area contributed by atoms with Gasteiger partial charge in [0.2, 0.25) is 0 Å². The van der Waals surface area contributed by atoms with Crippen LogP contribution in [0.5, 0.6) is 0 Å². The molecule has 1 aromatic carbocycles. The van der Waals surface area contributed by atoms with Gasteiger partial charge in [0.05, 0.1) is 0 Å². The molecule has 1 heterocycles. The van der Waals surface area contributed by atoms with Crippen LogP contribution in [-0.2, 0) is 9.36 Å². The molecule has 19 heavy (non-hydrogen) atoms. The van der Waals surface area contributed by atoms with Gasteiger partial charge in [0, 0.05) is 0 Å². The number of hydrogen-bond acceptors (Lipinski definition) is 3. The third-order valence-electron chi connectivity index (χ3n) is 2.49. The summed E-state index contributed by atoms with van der Waals surface area (Å²) in [4.78, 5) is 21.2. The Kier molecular flexibility index (Phi) is 4.17. The minimum Gasteiger partial charge on any atom is -0.480 e. The van der Waals surface area contributed by atoms with Gasteiger partial charge in [-0.3, -0.25) is 9.36 Å². The summed E-state index contributed by atoms with van der Waals surface area (Å²) in [6.45, 7) is 0. The minimum absolute atomic E-state index is 0.231. The van der Waals surface area contributed by atoms with Gasteiger partial charge in [-0.25, -0.2) is 5.09 Å². The Bertz CT molecular complexity index is 599. The fraction of sp³-hybridized carbons (Fsp3) is 0.0833. The Balaban J connectivity index is 2.28. The molecule has 2 aromatic rings. The summed E-state index contributed by atoms with van der Waals surface area (Å²) in [5.74, 6) is -1.20. The quantitative estimate of drug-likeness (QED) is 0.735. The number of nitrogens with one attached hydrogen (secondary N) is 1. The highest BCUT2D eigenvalue weighted by Crippen LogP contribution is 2.39. The van der Waals surface area contributed by atoms with Crippen molar-refractivity contribution in [3.8, 4) is 0 Å². The maximum absolute atomic E-state index is 12.2. The molecule has 0 aliphatic carbocycles. The molecule has 1 aromatic heterocycles. The first kappa shape index (κ1) is 14.0. The summed E-state index contributed by atoms with van der Waals surface area (Å²) in [6.07, 6.45) is 0. The fourth-order valence-corrected chi connectivity index (χ4v) is 3.99. The van der Waals surface area contributed by atoms with Crippen LogP contribution in [0.2, 0.25) is 0 Å². The lowest BCUT2D eigenvalue weighted by molar-refractivity contribution is -0.139. The van der Waals surface area contributed by atoms with Gasteiger partial charge in [0.15, 0.2) is 0 Å². The van der Waals surface area contributed by atoms with E-state index >= 15 is 0 Å². The molecule has 0 saturated carbocycles. The zero-order valence-corrected chi connectivity index (χ0v) is 11.5. The van der Waals surface area contributed by atoms with E-state index < -0.39 is 19.5 Å². The minimum atomic E-state index is -3.88. The third-order valence-corrected chi connectivity index (χ3v) is 5.57. The maximum atomic E-state index is 12.2. The second-order valence-corrected chi connectivity index (χ2v) is 6.98. The monoisotopic (exact) mass is 297 g/mol. The van der Waals surface area contributed by atoms with E-state index in [9.17, 15) is 19.4 Å². The number of aliphatic carboxylic acids is 1. The molecule has 7 heteroatoms. The van der Waals surface area contributed by atoms with Gasteiger partial charge in [0.1, 0.15) is 10.7 Å². The van der Waals surface area contributed by atoms with Crippen LogP contribution < -0.4 is 9.71 Å². The van der Waals surface area contributed by atoms with Crippen molar-refractivity contribution in [3.63, 3.8) is 0 Å². The highest BCUT2D eigenvalue weighted by atomic mass is 32.1. The molecule has 2 atom stereocenters. The highest BCUT2D eigenvalue weighted by Gasteiger charge is 2.31. The number of carboxylic acids is 1. The van der Waals surface area contributed by atoms with E-state index in [1.165, 1.54) is 6.07 Å². The predicted octanol–water partition coefficient (Wildman–Crippen LogP) is 1.97. The van der Waals surface area contributed by atoms with E-state index in [4.69, 9.17) is 0 Å². The van der Waals surface area contributed by atoms with Crippen molar-refractivity contribution in [2.45, 2.75) is 6.04 Å². The summed E-state index contributed by atoms with van der Waals surface area (Å²) >= 11 is 1.11. The van der Waals surface area contributed by atoms with Gasteiger partial charge >= 0.3 is 13.5 Å². The Labute approximate surface area is 114 Å². The second kappa shape index (κ2) is 5.67. The van der Waals surface area contributed by atoms with E-state index in [0.29, 0.717) is 5.56 Å². The van der Waals surface area contributed by atoms with Gasteiger partial charge in [0.25, 0.3) is 0 Å². The summed E-state index contributed by atoms with van der Waals surface area (Å²) in [5.41, 5.74) is 0.431. The summed E-state index contributed by atoms with van der Waals surface area (Å²) in [7, 11) is -3.88. The van der Waals surface area contributed by atoms with Crippen molar-refractivity contribution in [1.29, 1.82) is 0 Å². The topological polar surface area (TPSA) is 86.6 Å². The number of rotatable bonds is 5. The lowest BCUT2D eigenvalue weighted by Crippen LogP contribution is -2.28. The predicted molar refractivity (Wildman–Crippen MR) is 73.7 cm³/mol. The first-order valence-electron chi connectivity index (χ1n) is 5.43. The molecule has 2 rings (SSSR count). The molecule has 0 spiro atoms. The summed E-state index contributed by atoms with van der Waals surface area (Å²) in [5, 5.41) is 13.2. The standard InChI is InChI=1S/C12H12NO4PS/c14-12(15)11(9-5-2-1-3-6-9)13-18(16,17)10-7-4-8-19-10/h1-8,11H,(H,14,15)(H2,13,16,17). The SMILES string of the molecule is O=C(O)C(NP(=O)(O)c1cccs1)c1ccccc1. The highest BCUT2D eigenvalue weighted by molar-refractivity contribution is 7.70. The largest absolute Gasteiger partial charge is 0.480 e. The number of hydrogen-bond donors (Lipinski definition) is 3. The van der Waals surface area contributed by atoms with E-state index in [0.717, 1.165) is 11.3 Å². The third kappa shape index (κ3) is 3.30. The number of carbonyl (C=O) groups is 1. The van der Waals surface area contributed by atoms with Crippen LogP contribution in [0.15, 0.2) is 47.8 Å². The maximum Gasteiger partial charge on any atom is 0.325 e. The zero-order chi connectivity index (χ0) is 13.9. The first-order chi connectivity index (χ1) is 9.00. The van der Waals surface area contributed by atoms with Crippen LogP contribution in [0, 0.1) is 0 Å². The summed E-state index contributed by atoms with van der Waals surface area (Å²) in [6, 6.07) is 10.2. The molecule has 0 fully saturated rings. The molecule has 0 radical (unpaired) electrons. The molecular weight excluding hydrogens is 285 g/mol. The number of thiophene rings is 1. The van der Waals surface area contributed by atoms with Crippen molar-refractivity contribution in [2.24, 2.45) is 0 Å². The van der Waals surface area contributed by atoms with Crippen LogP contribution in [0.25, 0.3) is 0 Å². The zero-order valence-electron chi connectivity index (χ0n) is 9.76. The van der Waals surface area contributed by atoms with Crippen LogP contribution in [0.4, 0.5) is 0 Å². The van der Waals surface area contributed by atoms with Gasteiger partial charge in [-0.1, -0.05) is 36.4 Å². The smallest absolute Gasteiger partial charge is 0.325 e. The van der Waals surface area contributed by atoms with E-state index in [-0.39, 0.29) is 4.62 Å². The first-order valence-corrected chi connectivity index (χ1v) is 7.97. The van der Waals surface area contributed by atoms with Crippen LogP contribution in [-0.4, -0.2) is 16.0 Å². The average molecular weight is 297 g/mol. The Morgan fingerprint density at radius 2 is 1.89 bits per heavy atom. The normalized spacial score (nSPS) is 15.6. The number of benzene rings is 1. The van der Waals surface area contributed by atoms with Gasteiger partial charge < -0.3 is 10.00 Å². The van der Waals surface area contributed by atoms with Crippen molar-refractivity contribution in [1.82, 2.24) is 5.09 Å². The second-order valence-electron chi connectivity index (χ2n) is 3.84. The average Bonchev–Trinajstić information content (AvgIpc) is 2.91. The van der Waals surface area contributed by atoms with Gasteiger partial charge in [-0.05, 0) is 17.0 Å². The van der Waals surface area contributed by atoms with Crippen molar-refractivity contribution < 1.29 is 19.4 Å². The lowest BCUT2D eigenvalue weighted by atomic mass is 10.1. The van der Waals surface area contributed by atoms with Crippen LogP contribution >= 0.6 is 18.9 Å². The molecular formula is C12H12NO4PS. The molecule has 2 unspecified atom stereocenters. The molecule has 100 valence electrons. The molecule has 5 nitrogen and oxygen atoms in total. The summed E-state index contributed by atoms with van der Waals surface area (Å²) < 4.78 is 12.4. The molecule has 0 aliphatic rings. The lowest BCUT2D eigenvalue weighted by Gasteiger charge is -2.18.